The average Bonchev–Trinajstić information content (AvgIpc) is 2.34. The Morgan fingerprint density at radius 3 is 2.37 bits per heavy atom. The summed E-state index contributed by atoms with van der Waals surface area (Å²) in [7, 11) is 0. The molecule has 0 aromatic heterocycles. The molecule has 3 nitrogen and oxygen atoms in total. The van der Waals surface area contributed by atoms with Crippen LogP contribution in [-0.2, 0) is 0 Å². The van der Waals surface area contributed by atoms with Crippen LogP contribution in [0.4, 0.5) is 13.2 Å². The molecule has 1 aliphatic heterocycles. The largest absolute Gasteiger partial charge is 0.486 e. The molecule has 1 aliphatic rings. The molecule has 1 aromatic carbocycles. The van der Waals surface area contributed by atoms with Crippen molar-refractivity contribution in [1.29, 1.82) is 0 Å². The Morgan fingerprint density at radius 1 is 1.26 bits per heavy atom. The number of ether oxygens (including phenoxy) is 2. The molecular formula is C12H13ClF3NO2. The van der Waals surface area contributed by atoms with Gasteiger partial charge in [0.15, 0.2) is 11.5 Å². The summed E-state index contributed by atoms with van der Waals surface area (Å²) in [5, 5.41) is 2.39. The van der Waals surface area contributed by atoms with Crippen LogP contribution in [-0.4, -0.2) is 25.9 Å². The van der Waals surface area contributed by atoms with Crippen LogP contribution < -0.4 is 14.8 Å². The molecule has 2 rings (SSSR count). The lowest BCUT2D eigenvalue weighted by Gasteiger charge is -2.25. The second kappa shape index (κ2) is 5.46. The Labute approximate surface area is 113 Å². The number of fused-ring (bicyclic) bond motifs is 1. The molecule has 1 atom stereocenters. The van der Waals surface area contributed by atoms with Gasteiger partial charge in [0.2, 0.25) is 0 Å². The second-order valence-electron chi connectivity index (χ2n) is 4.05. The van der Waals surface area contributed by atoms with Crippen LogP contribution in [0.2, 0.25) is 5.02 Å². The van der Waals surface area contributed by atoms with Crippen molar-refractivity contribution in [3.63, 3.8) is 0 Å². The van der Waals surface area contributed by atoms with Gasteiger partial charge in [-0.3, -0.25) is 0 Å². The topological polar surface area (TPSA) is 30.5 Å². The number of benzene rings is 1. The van der Waals surface area contributed by atoms with E-state index in [1.165, 1.54) is 12.1 Å². The van der Waals surface area contributed by atoms with Gasteiger partial charge in [0, 0.05) is 16.7 Å². The highest BCUT2D eigenvalue weighted by molar-refractivity contribution is 6.31. The third-order valence-corrected chi connectivity index (χ3v) is 3.04. The molecule has 0 fully saturated rings. The maximum absolute atomic E-state index is 13.0. The zero-order valence-corrected chi connectivity index (χ0v) is 10.9. The van der Waals surface area contributed by atoms with Gasteiger partial charge in [-0.1, -0.05) is 18.5 Å². The zero-order chi connectivity index (χ0) is 14.0. The summed E-state index contributed by atoms with van der Waals surface area (Å²) < 4.78 is 49.6. The Kier molecular flexibility index (Phi) is 4.10. The fraction of sp³-hybridized carbons (Fsp3) is 0.500. The molecule has 0 amide bonds. The highest BCUT2D eigenvalue weighted by atomic mass is 35.5. The maximum atomic E-state index is 13.0. The average molecular weight is 296 g/mol. The maximum Gasteiger partial charge on any atom is 0.407 e. The molecule has 1 N–H and O–H groups in total. The molecule has 0 spiro atoms. The van der Waals surface area contributed by atoms with Gasteiger partial charge in [0.05, 0.1) is 0 Å². The van der Waals surface area contributed by atoms with Crippen LogP contribution in [0.5, 0.6) is 11.5 Å². The molecular weight excluding hydrogens is 283 g/mol. The first kappa shape index (κ1) is 14.3. The summed E-state index contributed by atoms with van der Waals surface area (Å²) in [5.41, 5.74) is -0.0553. The van der Waals surface area contributed by atoms with E-state index < -0.39 is 12.2 Å². The molecule has 1 aromatic rings. The van der Waals surface area contributed by atoms with Crippen LogP contribution in [0.15, 0.2) is 12.1 Å². The number of alkyl halides is 3. The minimum Gasteiger partial charge on any atom is -0.486 e. The quantitative estimate of drug-likeness (QED) is 0.928. The predicted molar refractivity (Wildman–Crippen MR) is 64.9 cm³/mol. The van der Waals surface area contributed by atoms with Crippen LogP contribution >= 0.6 is 11.6 Å². The lowest BCUT2D eigenvalue weighted by Crippen LogP contribution is -2.34. The van der Waals surface area contributed by atoms with Crippen molar-refractivity contribution < 1.29 is 22.6 Å². The van der Waals surface area contributed by atoms with Gasteiger partial charge >= 0.3 is 6.18 Å². The molecule has 19 heavy (non-hydrogen) atoms. The van der Waals surface area contributed by atoms with Gasteiger partial charge in [-0.2, -0.15) is 13.2 Å². The monoisotopic (exact) mass is 295 g/mol. The minimum absolute atomic E-state index is 0.00697. The van der Waals surface area contributed by atoms with E-state index in [4.69, 9.17) is 21.1 Å². The Hall–Kier alpha value is -1.14. The van der Waals surface area contributed by atoms with E-state index in [-0.39, 0.29) is 22.9 Å². The molecule has 0 saturated heterocycles. The highest BCUT2D eigenvalue weighted by Gasteiger charge is 2.41. The van der Waals surface area contributed by atoms with E-state index in [0.717, 1.165) is 0 Å². The van der Waals surface area contributed by atoms with Gasteiger partial charge in [-0.15, -0.1) is 0 Å². The summed E-state index contributed by atoms with van der Waals surface area (Å²) in [4.78, 5) is 0. The second-order valence-corrected chi connectivity index (χ2v) is 4.46. The van der Waals surface area contributed by atoms with Crippen molar-refractivity contribution in [2.45, 2.75) is 19.1 Å². The van der Waals surface area contributed by atoms with E-state index in [9.17, 15) is 13.2 Å². The molecule has 0 saturated carbocycles. The number of hydrogen-bond acceptors (Lipinski definition) is 3. The Morgan fingerprint density at radius 2 is 1.84 bits per heavy atom. The normalized spacial score (nSPS) is 16.3. The first-order valence-corrected chi connectivity index (χ1v) is 6.20. The molecule has 0 radical (unpaired) electrons. The van der Waals surface area contributed by atoms with Gasteiger partial charge in [0.25, 0.3) is 0 Å². The number of nitrogens with one attached hydrogen (secondary N) is 1. The first-order valence-electron chi connectivity index (χ1n) is 5.82. The van der Waals surface area contributed by atoms with Crippen molar-refractivity contribution in [3.05, 3.63) is 22.7 Å². The van der Waals surface area contributed by atoms with E-state index >= 15 is 0 Å². The van der Waals surface area contributed by atoms with Crippen LogP contribution in [0.3, 0.4) is 0 Å². The van der Waals surface area contributed by atoms with E-state index in [1.807, 2.05) is 0 Å². The van der Waals surface area contributed by atoms with Gasteiger partial charge in [-0.25, -0.2) is 0 Å². The van der Waals surface area contributed by atoms with Crippen LogP contribution in [0.1, 0.15) is 18.5 Å². The Balaban J connectivity index is 2.42. The van der Waals surface area contributed by atoms with Crippen LogP contribution in [0.25, 0.3) is 0 Å². The minimum atomic E-state index is -4.43. The van der Waals surface area contributed by atoms with Gasteiger partial charge < -0.3 is 14.8 Å². The number of halogens is 4. The lowest BCUT2D eigenvalue weighted by atomic mass is 10.1. The molecule has 7 heteroatoms. The smallest absolute Gasteiger partial charge is 0.407 e. The first-order chi connectivity index (χ1) is 8.93. The summed E-state index contributed by atoms with van der Waals surface area (Å²) >= 11 is 5.92. The Bertz CT molecular complexity index is 465. The third kappa shape index (κ3) is 3.06. The summed E-state index contributed by atoms with van der Waals surface area (Å²) in [6.45, 7) is 2.45. The van der Waals surface area contributed by atoms with Crippen molar-refractivity contribution >= 4 is 11.6 Å². The highest BCUT2D eigenvalue weighted by Crippen LogP contribution is 2.42. The third-order valence-electron chi connectivity index (χ3n) is 2.71. The summed E-state index contributed by atoms with van der Waals surface area (Å²) in [6, 6.07) is 0.833. The molecule has 0 aliphatic carbocycles. The summed E-state index contributed by atoms with van der Waals surface area (Å²) in [6.07, 6.45) is -4.43. The fourth-order valence-corrected chi connectivity index (χ4v) is 2.17. The summed E-state index contributed by atoms with van der Waals surface area (Å²) in [5.74, 6) is 0.662. The van der Waals surface area contributed by atoms with Crippen LogP contribution in [0, 0.1) is 0 Å². The molecule has 1 heterocycles. The standard InChI is InChI=1S/C12H13ClF3NO2/c1-2-17-11(12(14,15)16)7-5-9-10(6-8(7)13)19-4-3-18-9/h5-6,11,17H,2-4H2,1H3. The molecule has 106 valence electrons. The lowest BCUT2D eigenvalue weighted by molar-refractivity contribution is -0.157. The molecule has 0 bridgehead atoms. The number of hydrogen-bond donors (Lipinski definition) is 1. The number of rotatable bonds is 3. The van der Waals surface area contributed by atoms with E-state index in [1.54, 1.807) is 6.92 Å². The predicted octanol–water partition coefficient (Wildman–Crippen LogP) is 3.32. The fourth-order valence-electron chi connectivity index (χ4n) is 1.91. The zero-order valence-electron chi connectivity index (χ0n) is 10.2. The van der Waals surface area contributed by atoms with Gasteiger partial charge in [0.1, 0.15) is 19.3 Å². The van der Waals surface area contributed by atoms with Gasteiger partial charge in [-0.05, 0) is 12.6 Å². The van der Waals surface area contributed by atoms with E-state index in [2.05, 4.69) is 5.32 Å². The van der Waals surface area contributed by atoms with Crippen molar-refractivity contribution in [2.75, 3.05) is 19.8 Å². The van der Waals surface area contributed by atoms with Crippen molar-refractivity contribution in [2.24, 2.45) is 0 Å². The van der Waals surface area contributed by atoms with Crippen molar-refractivity contribution in [1.82, 2.24) is 5.32 Å². The molecule has 1 unspecified atom stereocenters. The van der Waals surface area contributed by atoms with Crippen molar-refractivity contribution in [3.8, 4) is 11.5 Å². The SMILES string of the molecule is CCNC(c1cc2c(cc1Cl)OCCO2)C(F)(F)F. The van der Waals surface area contributed by atoms with E-state index in [0.29, 0.717) is 19.0 Å².